The first-order valence-corrected chi connectivity index (χ1v) is 6.29. The van der Waals surface area contributed by atoms with Crippen LogP contribution >= 0.6 is 0 Å². The third-order valence-electron chi connectivity index (χ3n) is 3.46. The van der Waals surface area contributed by atoms with Crippen molar-refractivity contribution in [2.24, 2.45) is 5.73 Å². The number of anilines is 1. The van der Waals surface area contributed by atoms with E-state index in [1.165, 1.54) is 12.1 Å². The maximum absolute atomic E-state index is 13.7. The molecule has 1 aliphatic rings. The number of carbonyl (C=O) groups excluding carboxylic acids is 1. The highest BCUT2D eigenvalue weighted by atomic mass is 19.1. The van der Waals surface area contributed by atoms with Gasteiger partial charge in [0.15, 0.2) is 0 Å². The highest BCUT2D eigenvalue weighted by molar-refractivity contribution is 5.93. The number of nitrogens with two attached hydrogens (primary N) is 1. The Bertz CT molecular complexity index is 462. The molecule has 2 N–H and O–H groups in total. The molecule has 0 atom stereocenters. The number of nitrogens with zero attached hydrogens (tertiary/aromatic N) is 2. The number of carbonyl (C=O) groups is 1. The van der Waals surface area contributed by atoms with E-state index < -0.39 is 23.1 Å². The van der Waals surface area contributed by atoms with Crippen LogP contribution in [0.1, 0.15) is 17.3 Å². The van der Waals surface area contributed by atoms with E-state index in [-0.39, 0.29) is 0 Å². The zero-order chi connectivity index (χ0) is 14.0. The van der Waals surface area contributed by atoms with Crippen molar-refractivity contribution in [1.82, 2.24) is 4.90 Å². The molecule has 104 valence electrons. The maximum Gasteiger partial charge on any atom is 0.254 e. The Morgan fingerprint density at radius 2 is 1.74 bits per heavy atom. The van der Waals surface area contributed by atoms with Crippen LogP contribution in [0.25, 0.3) is 0 Å². The fourth-order valence-corrected chi connectivity index (χ4v) is 2.30. The number of hydrogen-bond donors (Lipinski definition) is 1. The Morgan fingerprint density at radius 3 is 2.16 bits per heavy atom. The summed E-state index contributed by atoms with van der Waals surface area (Å²) in [5.74, 6) is -2.89. The van der Waals surface area contributed by atoms with Crippen LogP contribution in [0.4, 0.5) is 14.5 Å². The van der Waals surface area contributed by atoms with Crippen molar-refractivity contribution in [1.29, 1.82) is 0 Å². The van der Waals surface area contributed by atoms with Gasteiger partial charge in [0.2, 0.25) is 0 Å². The lowest BCUT2D eigenvalue weighted by Gasteiger charge is -2.35. The van der Waals surface area contributed by atoms with Gasteiger partial charge in [0.05, 0.1) is 0 Å². The van der Waals surface area contributed by atoms with Crippen molar-refractivity contribution in [2.45, 2.75) is 6.92 Å². The van der Waals surface area contributed by atoms with E-state index in [1.54, 1.807) is 0 Å². The molecule has 1 heterocycles. The highest BCUT2D eigenvalue weighted by Crippen LogP contribution is 2.23. The van der Waals surface area contributed by atoms with E-state index in [2.05, 4.69) is 11.8 Å². The van der Waals surface area contributed by atoms with Gasteiger partial charge in [0.1, 0.15) is 17.2 Å². The minimum Gasteiger partial charge on any atom is -0.369 e. The first-order valence-electron chi connectivity index (χ1n) is 6.29. The summed E-state index contributed by atoms with van der Waals surface area (Å²) in [6.45, 7) is 6.19. The Balaban J connectivity index is 2.21. The number of amides is 1. The summed E-state index contributed by atoms with van der Waals surface area (Å²) in [5, 5.41) is 0. The van der Waals surface area contributed by atoms with Crippen LogP contribution in [0.3, 0.4) is 0 Å². The van der Waals surface area contributed by atoms with Crippen LogP contribution in [0.15, 0.2) is 12.1 Å². The second-order valence-electron chi connectivity index (χ2n) is 4.57. The van der Waals surface area contributed by atoms with Crippen molar-refractivity contribution in [2.75, 3.05) is 37.6 Å². The number of likely N-dealkylation sites (N-methyl/N-ethyl adjacent to an activating group) is 1. The molecule has 6 heteroatoms. The first kappa shape index (κ1) is 13.7. The fraction of sp³-hybridized carbons (Fsp3) is 0.462. The van der Waals surface area contributed by atoms with Gasteiger partial charge in [-0.15, -0.1) is 0 Å². The molecule has 1 aromatic carbocycles. The summed E-state index contributed by atoms with van der Waals surface area (Å²) in [4.78, 5) is 15.1. The molecule has 0 saturated carbocycles. The Kier molecular flexibility index (Phi) is 3.99. The Hall–Kier alpha value is -1.69. The minimum absolute atomic E-state index is 0.454. The molecule has 1 saturated heterocycles. The normalized spacial score (nSPS) is 16.7. The topological polar surface area (TPSA) is 49.6 Å². The molecule has 4 nitrogen and oxygen atoms in total. The van der Waals surface area contributed by atoms with Crippen molar-refractivity contribution in [3.05, 3.63) is 29.3 Å². The standard InChI is InChI=1S/C13H17F2N3O/c1-2-17-3-5-18(6-4-17)9-7-10(14)12(13(16)19)11(15)8-9/h7-8H,2-6H2,1H3,(H2,16,19). The molecule has 0 spiro atoms. The van der Waals surface area contributed by atoms with Crippen molar-refractivity contribution >= 4 is 11.6 Å². The number of halogens is 2. The third-order valence-corrected chi connectivity index (χ3v) is 3.46. The molecular weight excluding hydrogens is 252 g/mol. The number of piperazine rings is 1. The van der Waals surface area contributed by atoms with Gasteiger partial charge >= 0.3 is 0 Å². The lowest BCUT2D eigenvalue weighted by atomic mass is 10.1. The quantitative estimate of drug-likeness (QED) is 0.897. The molecule has 0 unspecified atom stereocenters. The van der Waals surface area contributed by atoms with Gasteiger partial charge in [-0.05, 0) is 18.7 Å². The monoisotopic (exact) mass is 269 g/mol. The molecule has 0 aromatic heterocycles. The van der Waals surface area contributed by atoms with E-state index in [9.17, 15) is 13.6 Å². The van der Waals surface area contributed by atoms with Gasteiger partial charge in [0, 0.05) is 31.9 Å². The van der Waals surface area contributed by atoms with Crippen LogP contribution in [0.5, 0.6) is 0 Å². The van der Waals surface area contributed by atoms with Crippen LogP contribution < -0.4 is 10.6 Å². The van der Waals surface area contributed by atoms with Gasteiger partial charge in [-0.1, -0.05) is 6.92 Å². The Morgan fingerprint density at radius 1 is 1.21 bits per heavy atom. The van der Waals surface area contributed by atoms with Crippen molar-refractivity contribution in [3.8, 4) is 0 Å². The predicted molar refractivity (Wildman–Crippen MR) is 69.2 cm³/mol. The van der Waals surface area contributed by atoms with Gasteiger partial charge in [0.25, 0.3) is 5.91 Å². The van der Waals surface area contributed by atoms with Crippen LogP contribution in [0, 0.1) is 11.6 Å². The molecule has 2 rings (SSSR count). The largest absolute Gasteiger partial charge is 0.369 e. The first-order chi connectivity index (χ1) is 9.02. The van der Waals surface area contributed by atoms with Crippen LogP contribution in [0.2, 0.25) is 0 Å². The number of primary amides is 1. The molecule has 19 heavy (non-hydrogen) atoms. The molecule has 1 aliphatic heterocycles. The molecule has 1 fully saturated rings. The summed E-state index contributed by atoms with van der Waals surface area (Å²) in [6.07, 6.45) is 0. The second kappa shape index (κ2) is 5.52. The molecule has 0 bridgehead atoms. The van der Waals surface area contributed by atoms with Gasteiger partial charge in [-0.2, -0.15) is 0 Å². The number of benzene rings is 1. The van der Waals surface area contributed by atoms with E-state index in [0.29, 0.717) is 18.8 Å². The third kappa shape index (κ3) is 2.84. The van der Waals surface area contributed by atoms with Crippen molar-refractivity contribution < 1.29 is 13.6 Å². The average Bonchev–Trinajstić information content (AvgIpc) is 2.37. The molecular formula is C13H17F2N3O. The lowest BCUT2D eigenvalue weighted by Crippen LogP contribution is -2.46. The molecule has 1 amide bonds. The number of rotatable bonds is 3. The summed E-state index contributed by atoms with van der Waals surface area (Å²) < 4.78 is 27.4. The molecule has 0 aliphatic carbocycles. The zero-order valence-corrected chi connectivity index (χ0v) is 10.8. The van der Waals surface area contributed by atoms with Gasteiger partial charge < -0.3 is 15.5 Å². The SMILES string of the molecule is CCN1CCN(c2cc(F)c(C(N)=O)c(F)c2)CC1. The maximum atomic E-state index is 13.7. The summed E-state index contributed by atoms with van der Waals surface area (Å²) in [6, 6.07) is 2.34. The summed E-state index contributed by atoms with van der Waals surface area (Å²) >= 11 is 0. The summed E-state index contributed by atoms with van der Waals surface area (Å²) in [7, 11) is 0. The second-order valence-corrected chi connectivity index (χ2v) is 4.57. The van der Waals surface area contributed by atoms with E-state index in [1.807, 2.05) is 4.90 Å². The van der Waals surface area contributed by atoms with Gasteiger partial charge in [-0.3, -0.25) is 4.79 Å². The fourth-order valence-electron chi connectivity index (χ4n) is 2.30. The Labute approximate surface area is 110 Å². The molecule has 0 radical (unpaired) electrons. The smallest absolute Gasteiger partial charge is 0.254 e. The highest BCUT2D eigenvalue weighted by Gasteiger charge is 2.21. The summed E-state index contributed by atoms with van der Waals surface area (Å²) in [5.41, 5.74) is 4.72. The number of hydrogen-bond acceptors (Lipinski definition) is 3. The van der Waals surface area contributed by atoms with Gasteiger partial charge in [-0.25, -0.2) is 8.78 Å². The predicted octanol–water partition coefficient (Wildman–Crippen LogP) is 1.21. The van der Waals surface area contributed by atoms with E-state index in [4.69, 9.17) is 5.73 Å². The van der Waals surface area contributed by atoms with Crippen molar-refractivity contribution in [3.63, 3.8) is 0 Å². The van der Waals surface area contributed by atoms with Crippen LogP contribution in [-0.4, -0.2) is 43.5 Å². The lowest BCUT2D eigenvalue weighted by molar-refractivity contribution is 0.0992. The van der Waals surface area contributed by atoms with E-state index in [0.717, 1.165) is 19.6 Å². The molecule has 1 aromatic rings. The van der Waals surface area contributed by atoms with E-state index >= 15 is 0 Å². The zero-order valence-electron chi connectivity index (χ0n) is 10.8. The minimum atomic E-state index is -1.09. The van der Waals surface area contributed by atoms with Crippen LogP contribution in [-0.2, 0) is 0 Å². The average molecular weight is 269 g/mol.